The van der Waals surface area contributed by atoms with Crippen LogP contribution in [0, 0.1) is 0 Å². The highest BCUT2D eigenvalue weighted by Gasteiger charge is 2.18. The van der Waals surface area contributed by atoms with E-state index in [0.29, 0.717) is 11.1 Å². The van der Waals surface area contributed by atoms with Gasteiger partial charge >= 0.3 is 0 Å². The van der Waals surface area contributed by atoms with Crippen molar-refractivity contribution in [2.24, 2.45) is 0 Å². The van der Waals surface area contributed by atoms with Crippen LogP contribution in [-0.2, 0) is 0 Å². The van der Waals surface area contributed by atoms with Crippen molar-refractivity contribution in [2.75, 3.05) is 0 Å². The van der Waals surface area contributed by atoms with Gasteiger partial charge in [-0.15, -0.1) is 0 Å². The largest absolute Gasteiger partial charge is 0.380 e. The number of aliphatic hydroxyl groups is 1. The number of hydrogen-bond donors (Lipinski definition) is 1. The van der Waals surface area contributed by atoms with Crippen LogP contribution in [0.15, 0.2) is 131 Å². The third-order valence-electron chi connectivity index (χ3n) is 4.14. The van der Waals surface area contributed by atoms with Crippen LogP contribution in [0.5, 0.6) is 0 Å². The molecule has 4 heteroatoms. The van der Waals surface area contributed by atoms with Gasteiger partial charge in [0.15, 0.2) is 5.78 Å². The summed E-state index contributed by atoms with van der Waals surface area (Å²) in [5, 5.41) is 9.89. The molecule has 0 spiro atoms. The number of aliphatic hydroxyl groups excluding tert-OH is 1. The van der Waals surface area contributed by atoms with Gasteiger partial charge in [0.05, 0.1) is 0 Å². The topological polar surface area (TPSA) is 37.3 Å². The molecule has 0 heterocycles. The van der Waals surface area contributed by atoms with E-state index >= 15 is 0 Å². The number of carbonyl (C=O) groups is 1. The molecular weight excluding hydrogens is 408 g/mol. The third-order valence-corrected chi connectivity index (χ3v) is 6.56. The first-order chi connectivity index (χ1) is 14.7. The molecule has 4 aromatic carbocycles. The van der Waals surface area contributed by atoms with E-state index in [1.54, 1.807) is 70.1 Å². The first kappa shape index (κ1) is 21.9. The van der Waals surface area contributed by atoms with Crippen molar-refractivity contribution >= 4 is 27.4 Å². The van der Waals surface area contributed by atoms with Crippen LogP contribution < -0.4 is 0 Å². The Kier molecular flexibility index (Phi) is 8.79. The van der Waals surface area contributed by atoms with Crippen LogP contribution in [0.1, 0.15) is 22.0 Å². The fourth-order valence-corrected chi connectivity index (χ4v) is 4.57. The number of rotatable bonds is 6. The summed E-state index contributed by atoms with van der Waals surface area (Å²) < 4.78 is 0. The average molecular weight is 431 g/mol. The van der Waals surface area contributed by atoms with Crippen LogP contribution in [0.4, 0.5) is 0 Å². The lowest BCUT2D eigenvalue weighted by molar-refractivity contribution is 0.0747. The molecule has 0 amide bonds. The molecule has 4 aromatic rings. The zero-order valence-electron chi connectivity index (χ0n) is 16.3. The SMILES string of the molecule is O=C(c1ccccc1)C(O)c1ccccc1.c1ccc(SSc2ccccc2)cc1. The maximum Gasteiger partial charge on any atom is 0.195 e. The maximum atomic E-state index is 11.9. The third kappa shape index (κ3) is 6.92. The highest BCUT2D eigenvalue weighted by molar-refractivity contribution is 8.76. The lowest BCUT2D eigenvalue weighted by Gasteiger charge is -2.09. The van der Waals surface area contributed by atoms with E-state index in [1.807, 2.05) is 24.3 Å². The van der Waals surface area contributed by atoms with Gasteiger partial charge in [-0.1, -0.05) is 119 Å². The van der Waals surface area contributed by atoms with E-state index in [2.05, 4.69) is 48.5 Å². The lowest BCUT2D eigenvalue weighted by Crippen LogP contribution is -2.11. The van der Waals surface area contributed by atoms with Crippen molar-refractivity contribution in [3.05, 3.63) is 132 Å². The average Bonchev–Trinajstić information content (AvgIpc) is 2.84. The minimum Gasteiger partial charge on any atom is -0.380 e. The monoisotopic (exact) mass is 430 g/mol. The van der Waals surface area contributed by atoms with Crippen molar-refractivity contribution in [3.63, 3.8) is 0 Å². The van der Waals surface area contributed by atoms with Gasteiger partial charge in [0.2, 0.25) is 0 Å². The van der Waals surface area contributed by atoms with Crippen molar-refractivity contribution in [2.45, 2.75) is 15.9 Å². The number of hydrogen-bond acceptors (Lipinski definition) is 4. The first-order valence-electron chi connectivity index (χ1n) is 9.51. The zero-order chi connectivity index (χ0) is 21.0. The first-order valence-corrected chi connectivity index (χ1v) is 11.7. The molecule has 0 saturated carbocycles. The van der Waals surface area contributed by atoms with Crippen molar-refractivity contribution in [1.29, 1.82) is 0 Å². The van der Waals surface area contributed by atoms with E-state index in [1.165, 1.54) is 9.79 Å². The Labute approximate surface area is 185 Å². The van der Waals surface area contributed by atoms with Gasteiger partial charge in [0, 0.05) is 15.4 Å². The Morgan fingerprint density at radius 1 is 0.567 bits per heavy atom. The predicted octanol–water partition coefficient (Wildman–Crippen LogP) is 7.09. The molecule has 0 aromatic heterocycles. The summed E-state index contributed by atoms with van der Waals surface area (Å²) in [4.78, 5) is 14.5. The molecule has 0 aliphatic rings. The van der Waals surface area contributed by atoms with Gasteiger partial charge in [-0.2, -0.15) is 0 Å². The molecule has 0 aliphatic carbocycles. The fraction of sp³-hybridized carbons (Fsp3) is 0.0385. The summed E-state index contributed by atoms with van der Waals surface area (Å²) >= 11 is 0. The summed E-state index contributed by atoms with van der Waals surface area (Å²) in [6, 6.07) is 38.6. The molecule has 0 fully saturated rings. The second-order valence-electron chi connectivity index (χ2n) is 6.34. The Morgan fingerprint density at radius 3 is 1.37 bits per heavy atom. The van der Waals surface area contributed by atoms with Crippen LogP contribution in [0.25, 0.3) is 0 Å². The second-order valence-corrected chi connectivity index (χ2v) is 8.61. The van der Waals surface area contributed by atoms with Gasteiger partial charge in [-0.05, 0) is 29.8 Å². The Balaban J connectivity index is 0.000000172. The number of ketones is 1. The summed E-state index contributed by atoms with van der Waals surface area (Å²) in [7, 11) is 3.58. The maximum absolute atomic E-state index is 11.9. The highest BCUT2D eigenvalue weighted by atomic mass is 33.1. The summed E-state index contributed by atoms with van der Waals surface area (Å²) in [5.74, 6) is -0.271. The molecule has 30 heavy (non-hydrogen) atoms. The molecule has 150 valence electrons. The van der Waals surface area contributed by atoms with Crippen molar-refractivity contribution in [1.82, 2.24) is 0 Å². The molecule has 0 aliphatic heterocycles. The van der Waals surface area contributed by atoms with E-state index in [-0.39, 0.29) is 5.78 Å². The molecule has 1 N–H and O–H groups in total. The molecule has 0 saturated heterocycles. The molecule has 0 bridgehead atoms. The normalized spacial score (nSPS) is 11.1. The van der Waals surface area contributed by atoms with Crippen molar-refractivity contribution < 1.29 is 9.90 Å². The summed E-state index contributed by atoms with van der Waals surface area (Å²) in [6.07, 6.45) is -1.08. The summed E-state index contributed by atoms with van der Waals surface area (Å²) in [6.45, 7) is 0. The van der Waals surface area contributed by atoms with Gasteiger partial charge in [0.1, 0.15) is 6.10 Å². The number of carbonyl (C=O) groups excluding carboxylic acids is 1. The second kappa shape index (κ2) is 12.0. The Bertz CT molecular complexity index is 968. The van der Waals surface area contributed by atoms with E-state index < -0.39 is 6.10 Å². The van der Waals surface area contributed by atoms with E-state index in [9.17, 15) is 9.90 Å². The summed E-state index contributed by atoms with van der Waals surface area (Å²) in [5.41, 5.74) is 1.15. The smallest absolute Gasteiger partial charge is 0.195 e. The van der Waals surface area contributed by atoms with E-state index in [4.69, 9.17) is 0 Å². The minimum absolute atomic E-state index is 0.271. The molecule has 1 unspecified atom stereocenters. The van der Waals surface area contributed by atoms with Gasteiger partial charge in [-0.25, -0.2) is 0 Å². The Morgan fingerprint density at radius 2 is 0.933 bits per heavy atom. The standard InChI is InChI=1S/C14H12O2.C12H10S2/c15-13(11-7-3-1-4-8-11)14(16)12-9-5-2-6-10-12;1-3-7-11(8-4-1)13-14-12-9-5-2-6-10-12/h1-10,13,15H;1-10H. The molecule has 0 radical (unpaired) electrons. The molecule has 4 rings (SSSR count). The highest BCUT2D eigenvalue weighted by Crippen LogP contribution is 2.36. The fourth-order valence-electron chi connectivity index (χ4n) is 2.60. The van der Waals surface area contributed by atoms with Gasteiger partial charge in [0.25, 0.3) is 0 Å². The molecule has 1 atom stereocenters. The van der Waals surface area contributed by atoms with Crippen LogP contribution >= 0.6 is 21.6 Å². The van der Waals surface area contributed by atoms with Crippen LogP contribution in [-0.4, -0.2) is 10.9 Å². The molecular formula is C26H22O2S2. The van der Waals surface area contributed by atoms with Crippen LogP contribution in [0.2, 0.25) is 0 Å². The minimum atomic E-state index is -1.08. The Hall–Kier alpha value is -2.79. The number of benzene rings is 4. The molecule has 2 nitrogen and oxygen atoms in total. The quantitative estimate of drug-likeness (QED) is 0.262. The van der Waals surface area contributed by atoms with Crippen molar-refractivity contribution in [3.8, 4) is 0 Å². The predicted molar refractivity (Wildman–Crippen MR) is 127 cm³/mol. The number of Topliss-reactive ketones (excluding diaryl/α,β-unsaturated/α-hetero) is 1. The lowest BCUT2D eigenvalue weighted by atomic mass is 10.0. The van der Waals surface area contributed by atoms with Crippen LogP contribution in [0.3, 0.4) is 0 Å². The van der Waals surface area contributed by atoms with Gasteiger partial charge < -0.3 is 5.11 Å². The zero-order valence-corrected chi connectivity index (χ0v) is 17.9. The van der Waals surface area contributed by atoms with Gasteiger partial charge in [-0.3, -0.25) is 4.79 Å². The van der Waals surface area contributed by atoms with E-state index in [0.717, 1.165) is 0 Å².